The van der Waals surface area contributed by atoms with E-state index in [0.29, 0.717) is 25.4 Å². The number of benzene rings is 2. The topological polar surface area (TPSA) is 51.9 Å². The molecule has 0 spiro atoms. The molecular weight excluding hydrogens is 399 g/mol. The van der Waals surface area contributed by atoms with E-state index in [1.807, 2.05) is 25.3 Å². The van der Waals surface area contributed by atoms with Crippen LogP contribution in [0.2, 0.25) is 0 Å². The van der Waals surface area contributed by atoms with Crippen molar-refractivity contribution in [2.45, 2.75) is 13.5 Å². The van der Waals surface area contributed by atoms with Crippen LogP contribution in [0.5, 0.6) is 11.5 Å². The van der Waals surface area contributed by atoms with E-state index in [9.17, 15) is 9.18 Å². The molecular formula is C23H25FN4O3. The van der Waals surface area contributed by atoms with Crippen LogP contribution in [0.15, 0.2) is 53.5 Å². The van der Waals surface area contributed by atoms with E-state index in [1.165, 1.54) is 12.1 Å². The Labute approximate surface area is 179 Å². The molecule has 0 amide bonds. The molecule has 31 heavy (non-hydrogen) atoms. The zero-order chi connectivity index (χ0) is 21.4. The van der Waals surface area contributed by atoms with Crippen LogP contribution < -0.4 is 25.0 Å². The minimum Gasteiger partial charge on any atom is -0.486 e. The normalized spacial score (nSPS) is 15.9. The lowest BCUT2D eigenvalue weighted by Gasteiger charge is -2.38. The number of nitrogens with zero attached hydrogens (tertiary/aromatic N) is 4. The van der Waals surface area contributed by atoms with Gasteiger partial charge < -0.3 is 19.3 Å². The van der Waals surface area contributed by atoms with E-state index in [2.05, 4.69) is 15.9 Å². The maximum Gasteiger partial charge on any atom is 0.334 e. The molecule has 7 nitrogen and oxygen atoms in total. The number of hydrogen-bond donors (Lipinski definition) is 0. The standard InChI is InChI=1S/C23H25FN4O3/c1-2-25-16-21(28(23(25)29)18-8-6-17(24)7-9-18)27-12-10-26(11-13-27)19-4-3-5-20-22(19)31-15-14-30-20/h3-9,16H,2,10-15H2,1H3. The van der Waals surface area contributed by atoms with Gasteiger partial charge in [-0.3, -0.25) is 4.57 Å². The fourth-order valence-corrected chi connectivity index (χ4v) is 4.25. The summed E-state index contributed by atoms with van der Waals surface area (Å²) in [5, 5.41) is 0. The predicted octanol–water partition coefficient (Wildman–Crippen LogP) is 2.90. The summed E-state index contributed by atoms with van der Waals surface area (Å²) in [7, 11) is 0. The van der Waals surface area contributed by atoms with Crippen molar-refractivity contribution in [3.8, 4) is 17.2 Å². The molecule has 2 aromatic carbocycles. The highest BCUT2D eigenvalue weighted by atomic mass is 19.1. The highest BCUT2D eigenvalue weighted by Crippen LogP contribution is 2.40. The maximum absolute atomic E-state index is 13.4. The quantitative estimate of drug-likeness (QED) is 0.645. The fraction of sp³-hybridized carbons (Fsp3) is 0.348. The first-order valence-electron chi connectivity index (χ1n) is 10.6. The summed E-state index contributed by atoms with van der Waals surface area (Å²) in [6.07, 6.45) is 1.89. The van der Waals surface area contributed by atoms with Crippen molar-refractivity contribution >= 4 is 11.5 Å². The van der Waals surface area contributed by atoms with E-state index in [1.54, 1.807) is 21.3 Å². The van der Waals surface area contributed by atoms with Crippen molar-refractivity contribution in [3.05, 3.63) is 65.0 Å². The molecule has 0 atom stereocenters. The largest absolute Gasteiger partial charge is 0.486 e. The van der Waals surface area contributed by atoms with Crippen molar-refractivity contribution in [2.24, 2.45) is 0 Å². The molecule has 1 saturated heterocycles. The van der Waals surface area contributed by atoms with Crippen LogP contribution in [-0.4, -0.2) is 48.5 Å². The Hall–Kier alpha value is -3.42. The van der Waals surface area contributed by atoms with Crippen LogP contribution >= 0.6 is 0 Å². The summed E-state index contributed by atoms with van der Waals surface area (Å²) in [5.74, 6) is 2.10. The molecule has 0 saturated carbocycles. The Morgan fingerprint density at radius 2 is 1.65 bits per heavy atom. The molecule has 0 N–H and O–H groups in total. The van der Waals surface area contributed by atoms with E-state index >= 15 is 0 Å². The molecule has 3 aromatic rings. The summed E-state index contributed by atoms with van der Waals surface area (Å²) in [6, 6.07) is 12.0. The summed E-state index contributed by atoms with van der Waals surface area (Å²) < 4.78 is 28.4. The number of aromatic nitrogens is 2. The van der Waals surface area contributed by atoms with Crippen LogP contribution in [0, 0.1) is 5.82 Å². The number of rotatable bonds is 4. The zero-order valence-corrected chi connectivity index (χ0v) is 17.5. The summed E-state index contributed by atoms with van der Waals surface area (Å²) in [5.41, 5.74) is 1.59. The average Bonchev–Trinajstić information content (AvgIpc) is 3.15. The van der Waals surface area contributed by atoms with Gasteiger partial charge in [0.2, 0.25) is 0 Å². The molecule has 2 aliphatic heterocycles. The third-order valence-corrected chi connectivity index (χ3v) is 5.85. The monoisotopic (exact) mass is 424 g/mol. The first-order chi connectivity index (χ1) is 15.2. The van der Waals surface area contributed by atoms with E-state index in [4.69, 9.17) is 9.47 Å². The predicted molar refractivity (Wildman–Crippen MR) is 118 cm³/mol. The summed E-state index contributed by atoms with van der Waals surface area (Å²) in [4.78, 5) is 17.5. The van der Waals surface area contributed by atoms with Gasteiger partial charge in [-0.2, -0.15) is 0 Å². The van der Waals surface area contributed by atoms with Crippen LogP contribution in [0.4, 0.5) is 15.9 Å². The van der Waals surface area contributed by atoms with Crippen molar-refractivity contribution in [3.63, 3.8) is 0 Å². The second kappa shape index (κ2) is 8.02. The number of imidazole rings is 1. The number of halogens is 1. The van der Waals surface area contributed by atoms with Gasteiger partial charge in [-0.1, -0.05) is 6.07 Å². The van der Waals surface area contributed by atoms with E-state index in [-0.39, 0.29) is 11.5 Å². The number of piperazine rings is 1. The van der Waals surface area contributed by atoms with Gasteiger partial charge in [0, 0.05) is 38.9 Å². The molecule has 8 heteroatoms. The minimum atomic E-state index is -0.320. The highest BCUT2D eigenvalue weighted by Gasteiger charge is 2.26. The maximum atomic E-state index is 13.4. The van der Waals surface area contributed by atoms with Crippen LogP contribution in [0.25, 0.3) is 5.69 Å². The molecule has 1 aromatic heterocycles. The number of anilines is 2. The first-order valence-corrected chi connectivity index (χ1v) is 10.6. The number of aryl methyl sites for hydroxylation is 1. The Morgan fingerprint density at radius 1 is 0.935 bits per heavy atom. The number of fused-ring (bicyclic) bond motifs is 1. The zero-order valence-electron chi connectivity index (χ0n) is 17.5. The van der Waals surface area contributed by atoms with Crippen molar-refractivity contribution in [1.29, 1.82) is 0 Å². The second-order valence-electron chi connectivity index (χ2n) is 7.64. The van der Waals surface area contributed by atoms with E-state index in [0.717, 1.165) is 49.2 Å². The van der Waals surface area contributed by atoms with Crippen LogP contribution in [0.3, 0.4) is 0 Å². The Balaban J connectivity index is 1.41. The molecule has 3 heterocycles. The molecule has 0 aliphatic carbocycles. The van der Waals surface area contributed by atoms with Gasteiger partial charge in [0.15, 0.2) is 11.5 Å². The smallest absolute Gasteiger partial charge is 0.334 e. The minimum absolute atomic E-state index is 0.116. The van der Waals surface area contributed by atoms with Gasteiger partial charge >= 0.3 is 5.69 Å². The molecule has 5 rings (SSSR count). The summed E-state index contributed by atoms with van der Waals surface area (Å²) in [6.45, 7) is 6.71. The Morgan fingerprint density at radius 3 is 2.39 bits per heavy atom. The first kappa shape index (κ1) is 19.5. The highest BCUT2D eigenvalue weighted by molar-refractivity contribution is 5.66. The number of para-hydroxylation sites is 1. The Bertz CT molecular complexity index is 1130. The molecule has 1 fully saturated rings. The van der Waals surface area contributed by atoms with Gasteiger partial charge in [-0.25, -0.2) is 13.8 Å². The molecule has 0 radical (unpaired) electrons. The van der Waals surface area contributed by atoms with Crippen molar-refractivity contribution < 1.29 is 13.9 Å². The molecule has 0 unspecified atom stereocenters. The number of hydrogen-bond acceptors (Lipinski definition) is 5. The number of ether oxygens (including phenoxy) is 2. The third-order valence-electron chi connectivity index (χ3n) is 5.85. The van der Waals surface area contributed by atoms with Crippen molar-refractivity contribution in [2.75, 3.05) is 49.2 Å². The van der Waals surface area contributed by atoms with Gasteiger partial charge in [0.25, 0.3) is 0 Å². The lowest BCUT2D eigenvalue weighted by Crippen LogP contribution is -2.47. The van der Waals surface area contributed by atoms with Gasteiger partial charge in [0.1, 0.15) is 24.8 Å². The van der Waals surface area contributed by atoms with Gasteiger partial charge in [-0.05, 0) is 43.3 Å². The lowest BCUT2D eigenvalue weighted by atomic mass is 10.2. The lowest BCUT2D eigenvalue weighted by molar-refractivity contribution is 0.172. The van der Waals surface area contributed by atoms with Gasteiger partial charge in [-0.15, -0.1) is 0 Å². The molecule has 0 bridgehead atoms. The molecule has 2 aliphatic rings. The van der Waals surface area contributed by atoms with E-state index < -0.39 is 0 Å². The molecule has 162 valence electrons. The SMILES string of the molecule is CCn1cc(N2CCN(c3cccc4c3OCCO4)CC2)n(-c2ccc(F)cc2)c1=O. The van der Waals surface area contributed by atoms with Crippen LogP contribution in [-0.2, 0) is 6.54 Å². The van der Waals surface area contributed by atoms with Crippen LogP contribution in [0.1, 0.15) is 6.92 Å². The van der Waals surface area contributed by atoms with Crippen molar-refractivity contribution in [1.82, 2.24) is 9.13 Å². The van der Waals surface area contributed by atoms with Gasteiger partial charge in [0.05, 0.1) is 11.4 Å². The second-order valence-corrected chi connectivity index (χ2v) is 7.64. The Kier molecular flexibility index (Phi) is 5.05. The third kappa shape index (κ3) is 3.52. The average molecular weight is 424 g/mol. The fourth-order valence-electron chi connectivity index (χ4n) is 4.25. The summed E-state index contributed by atoms with van der Waals surface area (Å²) >= 11 is 0.